The van der Waals surface area contributed by atoms with Gasteiger partial charge in [0.1, 0.15) is 0 Å². The Morgan fingerprint density at radius 3 is 1.74 bits per heavy atom. The smallest absolute Gasteiger partial charge is 0.0845 e. The van der Waals surface area contributed by atoms with Gasteiger partial charge in [-0.1, -0.05) is 134 Å². The Labute approximate surface area is 232 Å². The number of aromatic nitrogens is 1. The van der Waals surface area contributed by atoms with Crippen molar-refractivity contribution in [3.63, 3.8) is 0 Å². The SMILES string of the molecule is C/C(=N\c1ccccc1P(c1ccccc1)c1ccccc1)c1cccc(CP(C(C)(C)C)C(C)(C)C)n1. The highest BCUT2D eigenvalue weighted by molar-refractivity contribution is 7.80. The van der Waals surface area contributed by atoms with Crippen molar-refractivity contribution < 1.29 is 0 Å². The van der Waals surface area contributed by atoms with Gasteiger partial charge in [-0.05, 0) is 54.0 Å². The Bertz CT molecular complexity index is 1310. The van der Waals surface area contributed by atoms with Crippen molar-refractivity contribution in [1.29, 1.82) is 0 Å². The van der Waals surface area contributed by atoms with Gasteiger partial charge in [0, 0.05) is 17.2 Å². The van der Waals surface area contributed by atoms with Gasteiger partial charge in [-0.15, -0.1) is 0 Å². The molecular weight excluding hydrogens is 498 g/mol. The molecule has 0 unspecified atom stereocenters. The highest BCUT2D eigenvalue weighted by Gasteiger charge is 2.34. The summed E-state index contributed by atoms with van der Waals surface area (Å²) in [6.45, 7) is 16.3. The van der Waals surface area contributed by atoms with Crippen molar-refractivity contribution in [1.82, 2.24) is 4.98 Å². The molecule has 1 heterocycles. The van der Waals surface area contributed by atoms with Crippen LogP contribution in [-0.2, 0) is 6.16 Å². The maximum absolute atomic E-state index is 5.19. The molecule has 4 aromatic rings. The van der Waals surface area contributed by atoms with E-state index in [0.717, 1.165) is 28.9 Å². The molecule has 0 bridgehead atoms. The van der Waals surface area contributed by atoms with Gasteiger partial charge in [-0.25, -0.2) is 0 Å². The molecule has 0 saturated heterocycles. The van der Waals surface area contributed by atoms with Crippen LogP contribution in [0.15, 0.2) is 108 Å². The fourth-order valence-electron chi connectivity index (χ4n) is 4.98. The fourth-order valence-corrected chi connectivity index (χ4v) is 10.8. The second-order valence-corrected chi connectivity index (χ2v) is 17.7. The normalized spacial score (nSPS) is 12.8. The fraction of sp³-hybridized carbons (Fsp3) is 0.294. The minimum Gasteiger partial charge on any atom is -0.251 e. The number of nitrogens with zero attached hydrogens (tertiary/aromatic N) is 2. The first-order valence-electron chi connectivity index (χ1n) is 13.3. The lowest BCUT2D eigenvalue weighted by Crippen LogP contribution is -2.26. The molecule has 0 amide bonds. The summed E-state index contributed by atoms with van der Waals surface area (Å²) in [5.74, 6) is 0. The third-order valence-electron chi connectivity index (χ3n) is 6.56. The summed E-state index contributed by atoms with van der Waals surface area (Å²) in [5.41, 5.74) is 4.09. The van der Waals surface area contributed by atoms with Crippen molar-refractivity contribution in [2.45, 2.75) is 64.9 Å². The average Bonchev–Trinajstić information content (AvgIpc) is 2.88. The molecule has 0 spiro atoms. The first-order valence-corrected chi connectivity index (χ1v) is 16.2. The molecule has 38 heavy (non-hydrogen) atoms. The second kappa shape index (κ2) is 12.0. The van der Waals surface area contributed by atoms with Crippen LogP contribution in [0.1, 0.15) is 59.9 Å². The Morgan fingerprint density at radius 2 is 1.18 bits per heavy atom. The molecule has 196 valence electrons. The van der Waals surface area contributed by atoms with Crippen LogP contribution in [0.4, 0.5) is 5.69 Å². The van der Waals surface area contributed by atoms with Gasteiger partial charge in [0.15, 0.2) is 0 Å². The molecule has 2 nitrogen and oxygen atoms in total. The molecule has 0 aliphatic carbocycles. The van der Waals surface area contributed by atoms with Gasteiger partial charge in [-0.3, -0.25) is 9.98 Å². The quantitative estimate of drug-likeness (QED) is 0.171. The van der Waals surface area contributed by atoms with Crippen LogP contribution < -0.4 is 15.9 Å². The third-order valence-corrected chi connectivity index (χ3v) is 12.9. The van der Waals surface area contributed by atoms with Crippen molar-refractivity contribution in [2.75, 3.05) is 0 Å². The number of aliphatic imine (C=N–C) groups is 1. The van der Waals surface area contributed by atoms with Crippen LogP contribution in [-0.4, -0.2) is 21.0 Å². The van der Waals surface area contributed by atoms with E-state index in [-0.39, 0.29) is 18.2 Å². The third kappa shape index (κ3) is 7.05. The molecule has 4 rings (SSSR count). The summed E-state index contributed by atoms with van der Waals surface area (Å²) in [5, 5.41) is 4.44. The number of hydrogen-bond acceptors (Lipinski definition) is 2. The molecule has 0 radical (unpaired) electrons. The van der Waals surface area contributed by atoms with Crippen molar-refractivity contribution in [3.8, 4) is 0 Å². The van der Waals surface area contributed by atoms with Gasteiger partial charge in [0.05, 0.1) is 17.1 Å². The summed E-state index contributed by atoms with van der Waals surface area (Å²) in [6.07, 6.45) is 1.02. The van der Waals surface area contributed by atoms with E-state index in [1.807, 2.05) is 0 Å². The zero-order chi connectivity index (χ0) is 27.3. The predicted molar refractivity (Wildman–Crippen MR) is 171 cm³/mol. The first-order chi connectivity index (χ1) is 18.0. The van der Waals surface area contributed by atoms with E-state index < -0.39 is 7.92 Å². The topological polar surface area (TPSA) is 25.2 Å². The maximum atomic E-state index is 5.19. The Kier molecular flexibility index (Phi) is 8.97. The summed E-state index contributed by atoms with van der Waals surface area (Å²) < 4.78 is 0. The Balaban J connectivity index is 1.72. The summed E-state index contributed by atoms with van der Waals surface area (Å²) in [7, 11) is -0.999. The largest absolute Gasteiger partial charge is 0.251 e. The molecule has 1 aromatic heterocycles. The summed E-state index contributed by atoms with van der Waals surface area (Å²) >= 11 is 0. The number of pyridine rings is 1. The molecular formula is C34H40N2P2. The minimum atomic E-state index is -0.735. The van der Waals surface area contributed by atoms with E-state index in [1.54, 1.807) is 0 Å². The van der Waals surface area contributed by atoms with Crippen LogP contribution in [0.5, 0.6) is 0 Å². The Hall–Kier alpha value is -2.66. The molecule has 4 heteroatoms. The lowest BCUT2D eigenvalue weighted by Gasteiger charge is -2.41. The van der Waals surface area contributed by atoms with Gasteiger partial charge in [0.2, 0.25) is 0 Å². The molecule has 0 aliphatic rings. The van der Waals surface area contributed by atoms with Gasteiger partial charge >= 0.3 is 0 Å². The average molecular weight is 539 g/mol. The number of para-hydroxylation sites is 1. The van der Waals surface area contributed by atoms with Crippen molar-refractivity contribution >= 4 is 43.2 Å². The molecule has 0 aliphatic heterocycles. The molecule has 0 fully saturated rings. The standard InChI is InChI=1S/C34H40N2P2/c1-26(30-23-16-17-27(36-30)25-37(33(2,3)4)34(5,6)7)35-31-22-14-15-24-32(31)38(28-18-10-8-11-19-28)29-20-12-9-13-21-29/h8-24H,25H2,1-7H3/b35-26+. The lowest BCUT2D eigenvalue weighted by atomic mass is 10.2. The Morgan fingerprint density at radius 1 is 0.658 bits per heavy atom. The predicted octanol–water partition coefficient (Wildman–Crippen LogP) is 8.56. The van der Waals surface area contributed by atoms with E-state index in [0.29, 0.717) is 0 Å². The van der Waals surface area contributed by atoms with Crippen LogP contribution >= 0.6 is 15.8 Å². The number of hydrogen-bond donors (Lipinski definition) is 0. The first kappa shape index (κ1) is 28.4. The van der Waals surface area contributed by atoms with Gasteiger partial charge in [-0.2, -0.15) is 0 Å². The molecule has 0 atom stereocenters. The van der Waals surface area contributed by atoms with Crippen molar-refractivity contribution in [3.05, 3.63) is 115 Å². The monoisotopic (exact) mass is 538 g/mol. The highest BCUT2D eigenvalue weighted by Crippen LogP contribution is 2.61. The van der Waals surface area contributed by atoms with Crippen LogP contribution in [0.25, 0.3) is 0 Å². The van der Waals surface area contributed by atoms with Crippen LogP contribution in [0.3, 0.4) is 0 Å². The summed E-state index contributed by atoms with van der Waals surface area (Å²) in [4.78, 5) is 10.3. The van der Waals surface area contributed by atoms with Gasteiger partial charge in [0.25, 0.3) is 0 Å². The summed E-state index contributed by atoms with van der Waals surface area (Å²) in [6, 6.07) is 36.6. The van der Waals surface area contributed by atoms with E-state index in [9.17, 15) is 0 Å². The van der Waals surface area contributed by atoms with E-state index in [1.165, 1.54) is 15.9 Å². The number of benzene rings is 3. The van der Waals surface area contributed by atoms with E-state index >= 15 is 0 Å². The van der Waals surface area contributed by atoms with Crippen molar-refractivity contribution in [2.24, 2.45) is 4.99 Å². The van der Waals surface area contributed by atoms with Crippen LogP contribution in [0, 0.1) is 0 Å². The highest BCUT2D eigenvalue weighted by atomic mass is 31.1. The lowest BCUT2D eigenvalue weighted by molar-refractivity contribution is 0.701. The molecule has 0 saturated carbocycles. The second-order valence-electron chi connectivity index (χ2n) is 11.6. The maximum Gasteiger partial charge on any atom is 0.0845 e. The minimum absolute atomic E-state index is 0.263. The zero-order valence-corrected chi connectivity index (χ0v) is 25.6. The molecule has 0 N–H and O–H groups in total. The molecule has 3 aromatic carbocycles. The zero-order valence-electron chi connectivity index (χ0n) is 23.8. The van der Waals surface area contributed by atoms with E-state index in [2.05, 4.69) is 152 Å². The van der Waals surface area contributed by atoms with E-state index in [4.69, 9.17) is 9.98 Å². The number of rotatable bonds is 7. The van der Waals surface area contributed by atoms with Gasteiger partial charge < -0.3 is 0 Å². The van der Waals surface area contributed by atoms with Crippen LogP contribution in [0.2, 0.25) is 0 Å².